The molecule has 2 aromatic heterocycles. The molecule has 1 atom stereocenters. The summed E-state index contributed by atoms with van der Waals surface area (Å²) in [4.78, 5) is 32.6. The van der Waals surface area contributed by atoms with Gasteiger partial charge in [0.25, 0.3) is 5.56 Å². The third-order valence-electron chi connectivity index (χ3n) is 4.82. The number of nitrogens with one attached hydrogen (secondary N) is 1. The average Bonchev–Trinajstić information content (AvgIpc) is 3.12. The molecule has 4 rings (SSSR count). The highest BCUT2D eigenvalue weighted by atomic mass is 35.5. The molecule has 0 spiro atoms. The Morgan fingerprint density at radius 1 is 1.36 bits per heavy atom. The van der Waals surface area contributed by atoms with Gasteiger partial charge in [0.2, 0.25) is 0 Å². The summed E-state index contributed by atoms with van der Waals surface area (Å²) >= 11 is 5.79. The molecular weight excluding hydrogens is 387 g/mol. The number of hydrogen-bond donors (Lipinski definition) is 2. The molecule has 0 unspecified atom stereocenters. The van der Waals surface area contributed by atoms with E-state index in [2.05, 4.69) is 15.3 Å². The van der Waals surface area contributed by atoms with Crippen LogP contribution in [-0.2, 0) is 13.0 Å². The van der Waals surface area contributed by atoms with Crippen LogP contribution in [0, 0.1) is 5.82 Å². The van der Waals surface area contributed by atoms with E-state index in [-0.39, 0.29) is 27.5 Å². The number of pyridine rings is 1. The van der Waals surface area contributed by atoms with Gasteiger partial charge in [0.15, 0.2) is 5.69 Å². The maximum absolute atomic E-state index is 14.3. The molecule has 2 N–H and O–H groups in total. The van der Waals surface area contributed by atoms with Crippen molar-refractivity contribution in [2.75, 3.05) is 5.32 Å². The van der Waals surface area contributed by atoms with E-state index < -0.39 is 17.8 Å². The minimum Gasteiger partial charge on any atom is -0.476 e. The van der Waals surface area contributed by atoms with Crippen molar-refractivity contribution in [1.29, 1.82) is 0 Å². The lowest BCUT2D eigenvalue weighted by atomic mass is 10.0. The molecule has 0 saturated heterocycles. The van der Waals surface area contributed by atoms with Crippen LogP contribution in [-0.4, -0.2) is 25.6 Å². The average molecular weight is 403 g/mol. The summed E-state index contributed by atoms with van der Waals surface area (Å²) in [5.74, 6) is -1.12. The first kappa shape index (κ1) is 18.4. The van der Waals surface area contributed by atoms with Gasteiger partial charge in [0, 0.05) is 18.5 Å². The molecule has 3 heterocycles. The number of anilines is 1. The van der Waals surface area contributed by atoms with Gasteiger partial charge in [-0.2, -0.15) is 0 Å². The van der Waals surface area contributed by atoms with Gasteiger partial charge in [-0.15, -0.1) is 0 Å². The van der Waals surface area contributed by atoms with Crippen molar-refractivity contribution in [1.82, 2.24) is 14.5 Å². The van der Waals surface area contributed by atoms with E-state index in [0.29, 0.717) is 29.9 Å². The molecule has 1 aliphatic rings. The highest BCUT2D eigenvalue weighted by Gasteiger charge is 2.22. The minimum atomic E-state index is -1.24. The number of carboxylic acid groups (broad SMARTS) is 1. The van der Waals surface area contributed by atoms with Crippen molar-refractivity contribution in [3.63, 3.8) is 0 Å². The van der Waals surface area contributed by atoms with Crippen molar-refractivity contribution in [2.45, 2.75) is 32.4 Å². The first-order chi connectivity index (χ1) is 13.3. The Kier molecular flexibility index (Phi) is 4.50. The van der Waals surface area contributed by atoms with Crippen LogP contribution < -0.4 is 10.9 Å². The van der Waals surface area contributed by atoms with Gasteiger partial charge in [-0.1, -0.05) is 11.6 Å². The predicted molar refractivity (Wildman–Crippen MR) is 103 cm³/mol. The molecule has 0 bridgehead atoms. The summed E-state index contributed by atoms with van der Waals surface area (Å²) in [6, 6.07) is 4.93. The summed E-state index contributed by atoms with van der Waals surface area (Å²) < 4.78 is 15.8. The molecule has 3 aromatic rings. The maximum Gasteiger partial charge on any atom is 0.356 e. The quantitative estimate of drug-likeness (QED) is 0.649. The Morgan fingerprint density at radius 2 is 2.14 bits per heavy atom. The molecule has 0 radical (unpaired) electrons. The highest BCUT2D eigenvalue weighted by molar-refractivity contribution is 6.29. The second kappa shape index (κ2) is 6.87. The van der Waals surface area contributed by atoms with Gasteiger partial charge in [0.1, 0.15) is 16.8 Å². The normalized spacial score (nSPS) is 14.1. The number of aromatic carboxylic acids is 1. The predicted octanol–water partition coefficient (Wildman–Crippen LogP) is 3.40. The lowest BCUT2D eigenvalue weighted by Gasteiger charge is -2.19. The van der Waals surface area contributed by atoms with E-state index in [0.717, 1.165) is 6.42 Å². The van der Waals surface area contributed by atoms with Crippen molar-refractivity contribution in [3.05, 3.63) is 62.7 Å². The number of aryl methyl sites for hydroxylation is 1. The Balaban J connectivity index is 1.83. The molecule has 28 heavy (non-hydrogen) atoms. The van der Waals surface area contributed by atoms with E-state index in [9.17, 15) is 19.1 Å². The second-order valence-electron chi connectivity index (χ2n) is 6.68. The van der Waals surface area contributed by atoms with Gasteiger partial charge in [0.05, 0.1) is 22.6 Å². The number of fused-ring (bicyclic) bond motifs is 2. The third kappa shape index (κ3) is 3.09. The first-order valence-corrected chi connectivity index (χ1v) is 9.12. The van der Waals surface area contributed by atoms with Crippen molar-refractivity contribution in [2.24, 2.45) is 0 Å². The fourth-order valence-corrected chi connectivity index (χ4v) is 3.68. The molecular formula is C19H16ClFN4O3. The number of hydrogen-bond acceptors (Lipinski definition) is 5. The summed E-state index contributed by atoms with van der Waals surface area (Å²) in [7, 11) is 0. The lowest BCUT2D eigenvalue weighted by Crippen LogP contribution is -2.22. The Morgan fingerprint density at radius 3 is 2.89 bits per heavy atom. The molecule has 1 aromatic carbocycles. The summed E-state index contributed by atoms with van der Waals surface area (Å²) in [5, 5.41) is 12.6. The van der Waals surface area contributed by atoms with Crippen LogP contribution in [0.25, 0.3) is 10.9 Å². The fourth-order valence-electron chi connectivity index (χ4n) is 3.53. The number of rotatable bonds is 4. The van der Waals surface area contributed by atoms with E-state index >= 15 is 0 Å². The molecule has 0 fully saturated rings. The summed E-state index contributed by atoms with van der Waals surface area (Å²) in [5.41, 5.74) is 0.616. The van der Waals surface area contributed by atoms with Crippen LogP contribution in [0.15, 0.2) is 29.1 Å². The molecule has 0 saturated carbocycles. The minimum absolute atomic E-state index is 0.0528. The molecule has 144 valence electrons. The molecule has 7 nitrogen and oxygen atoms in total. The van der Waals surface area contributed by atoms with Gasteiger partial charge in [-0.05, 0) is 37.6 Å². The Labute approximate surface area is 163 Å². The van der Waals surface area contributed by atoms with Crippen molar-refractivity contribution in [3.8, 4) is 0 Å². The van der Waals surface area contributed by atoms with Gasteiger partial charge in [-0.25, -0.2) is 19.2 Å². The van der Waals surface area contributed by atoms with E-state index in [1.165, 1.54) is 24.3 Å². The standard InChI is InChI=1S/C19H16ClFN4O3/c1-9(22-13-4-5-14(20)23-17(13)19(27)28)11-7-10(21)8-12-16(11)24-15-3-2-6-25(15)18(12)26/h4-5,7-9,22H,2-3,6H2,1H3,(H,27,28)/t9-/m1/s1. The first-order valence-electron chi connectivity index (χ1n) is 8.74. The smallest absolute Gasteiger partial charge is 0.356 e. The highest BCUT2D eigenvalue weighted by Crippen LogP contribution is 2.28. The largest absolute Gasteiger partial charge is 0.476 e. The number of carboxylic acids is 1. The third-order valence-corrected chi connectivity index (χ3v) is 5.03. The molecule has 1 aliphatic heterocycles. The van der Waals surface area contributed by atoms with Crippen molar-refractivity contribution < 1.29 is 14.3 Å². The van der Waals surface area contributed by atoms with E-state index in [1.54, 1.807) is 11.5 Å². The molecule has 0 amide bonds. The second-order valence-corrected chi connectivity index (χ2v) is 7.07. The van der Waals surface area contributed by atoms with Crippen LogP contribution in [0.3, 0.4) is 0 Å². The zero-order valence-electron chi connectivity index (χ0n) is 14.9. The van der Waals surface area contributed by atoms with Gasteiger partial charge in [-0.3, -0.25) is 9.36 Å². The number of nitrogens with zero attached hydrogens (tertiary/aromatic N) is 3. The SMILES string of the molecule is C[C@@H](Nc1ccc(Cl)nc1C(=O)O)c1cc(F)cc2c(=O)n3c(nc12)CCC3. The zero-order valence-corrected chi connectivity index (χ0v) is 15.6. The van der Waals surface area contributed by atoms with Crippen LogP contribution in [0.1, 0.15) is 41.3 Å². The lowest BCUT2D eigenvalue weighted by molar-refractivity contribution is 0.0691. The van der Waals surface area contributed by atoms with Gasteiger partial charge < -0.3 is 10.4 Å². The number of carbonyl (C=O) groups is 1. The van der Waals surface area contributed by atoms with Crippen LogP contribution in [0.5, 0.6) is 0 Å². The van der Waals surface area contributed by atoms with Crippen LogP contribution >= 0.6 is 11.6 Å². The number of aromatic nitrogens is 3. The summed E-state index contributed by atoms with van der Waals surface area (Å²) in [6.07, 6.45) is 1.51. The summed E-state index contributed by atoms with van der Waals surface area (Å²) in [6.45, 7) is 2.32. The number of halogens is 2. The monoisotopic (exact) mass is 402 g/mol. The molecule has 0 aliphatic carbocycles. The molecule has 9 heteroatoms. The van der Waals surface area contributed by atoms with E-state index in [4.69, 9.17) is 11.6 Å². The van der Waals surface area contributed by atoms with Crippen LogP contribution in [0.2, 0.25) is 5.15 Å². The Hall–Kier alpha value is -3.00. The number of benzene rings is 1. The maximum atomic E-state index is 14.3. The van der Waals surface area contributed by atoms with Crippen molar-refractivity contribution >= 4 is 34.2 Å². The zero-order chi connectivity index (χ0) is 20.0. The Bertz CT molecular complexity index is 1180. The fraction of sp³-hybridized carbons (Fsp3) is 0.263. The topological polar surface area (TPSA) is 97.1 Å². The van der Waals surface area contributed by atoms with Gasteiger partial charge >= 0.3 is 5.97 Å². The van der Waals surface area contributed by atoms with E-state index in [1.807, 2.05) is 0 Å². The van der Waals surface area contributed by atoms with Crippen LogP contribution in [0.4, 0.5) is 10.1 Å².